The molecule has 21 heavy (non-hydrogen) atoms. The number of urea groups is 1. The highest BCUT2D eigenvalue weighted by Gasteiger charge is 2.28. The van der Waals surface area contributed by atoms with Crippen LogP contribution in [0.1, 0.15) is 31.1 Å². The van der Waals surface area contributed by atoms with E-state index in [1.165, 1.54) is 4.88 Å². The van der Waals surface area contributed by atoms with E-state index in [1.54, 1.807) is 23.2 Å². The van der Waals surface area contributed by atoms with Gasteiger partial charge in [0.15, 0.2) is 0 Å². The summed E-state index contributed by atoms with van der Waals surface area (Å²) < 4.78 is 5.42. The van der Waals surface area contributed by atoms with Crippen molar-refractivity contribution in [3.05, 3.63) is 22.4 Å². The van der Waals surface area contributed by atoms with Crippen molar-refractivity contribution in [2.24, 2.45) is 0 Å². The zero-order chi connectivity index (χ0) is 15.2. The molecule has 3 atom stereocenters. The van der Waals surface area contributed by atoms with Crippen LogP contribution in [0.5, 0.6) is 0 Å². The maximum Gasteiger partial charge on any atom is 0.317 e. The first kappa shape index (κ1) is 16.3. The van der Waals surface area contributed by atoms with E-state index in [-0.39, 0.29) is 12.1 Å². The number of carbonyl (C=O) groups excluding carboxylic acids is 1. The second-order valence-corrected chi connectivity index (χ2v) is 6.59. The average molecular weight is 312 g/mol. The van der Waals surface area contributed by atoms with Gasteiger partial charge in [0.1, 0.15) is 0 Å². The quantitative estimate of drug-likeness (QED) is 0.874. The van der Waals surface area contributed by atoms with Gasteiger partial charge in [-0.1, -0.05) is 13.0 Å². The minimum absolute atomic E-state index is 0.0456. The largest absolute Gasteiger partial charge is 0.393 e. The summed E-state index contributed by atoms with van der Waals surface area (Å²) in [5.74, 6) is 0.310. The highest BCUT2D eigenvalue weighted by Crippen LogP contribution is 2.20. The van der Waals surface area contributed by atoms with Gasteiger partial charge in [-0.15, -0.1) is 11.3 Å². The number of hydrogen-bond acceptors (Lipinski definition) is 4. The summed E-state index contributed by atoms with van der Waals surface area (Å²) in [5.41, 5.74) is 0. The molecule has 1 aromatic heterocycles. The highest BCUT2D eigenvalue weighted by molar-refractivity contribution is 7.10. The number of carbonyl (C=O) groups is 1. The summed E-state index contributed by atoms with van der Waals surface area (Å²) in [6.45, 7) is 6.11. The maximum atomic E-state index is 12.3. The van der Waals surface area contributed by atoms with E-state index in [1.807, 2.05) is 11.4 Å². The van der Waals surface area contributed by atoms with Gasteiger partial charge in [-0.05, 0) is 24.8 Å². The summed E-state index contributed by atoms with van der Waals surface area (Å²) in [5, 5.41) is 14.6. The fourth-order valence-corrected chi connectivity index (χ4v) is 3.31. The monoisotopic (exact) mass is 312 g/mol. The van der Waals surface area contributed by atoms with Crippen LogP contribution < -0.4 is 5.32 Å². The molecule has 2 heterocycles. The van der Waals surface area contributed by atoms with E-state index in [0.717, 1.165) is 0 Å². The van der Waals surface area contributed by atoms with Gasteiger partial charge in [0, 0.05) is 23.9 Å². The number of hydrogen-bond donors (Lipinski definition) is 2. The Morgan fingerprint density at radius 3 is 3.10 bits per heavy atom. The molecule has 0 bridgehead atoms. The molecule has 5 nitrogen and oxygen atoms in total. The topological polar surface area (TPSA) is 61.8 Å². The molecule has 1 fully saturated rings. The van der Waals surface area contributed by atoms with Crippen LogP contribution in [0.15, 0.2) is 17.5 Å². The zero-order valence-electron chi connectivity index (χ0n) is 12.6. The van der Waals surface area contributed by atoms with E-state index in [2.05, 4.69) is 18.3 Å². The van der Waals surface area contributed by atoms with Crippen LogP contribution in [0.25, 0.3) is 0 Å². The predicted octanol–water partition coefficient (Wildman–Crippen LogP) is 2.03. The van der Waals surface area contributed by atoms with Crippen molar-refractivity contribution < 1.29 is 14.6 Å². The van der Waals surface area contributed by atoms with Crippen molar-refractivity contribution in [2.75, 3.05) is 26.3 Å². The molecule has 1 aromatic rings. The molecule has 0 aromatic carbocycles. The molecule has 2 rings (SSSR count). The molecule has 1 aliphatic heterocycles. The standard InChI is InChI=1S/C15H24N2O3S/c1-11(14-4-3-7-21-14)9-16-15(19)17-5-6-20-10-13(17)8-12(2)18/h3-4,7,11-13,18H,5-6,8-10H2,1-2H3,(H,16,19). The number of nitrogens with zero attached hydrogens (tertiary/aromatic N) is 1. The lowest BCUT2D eigenvalue weighted by Crippen LogP contribution is -2.53. The number of ether oxygens (including phenoxy) is 1. The van der Waals surface area contributed by atoms with Gasteiger partial charge in [0.25, 0.3) is 0 Å². The van der Waals surface area contributed by atoms with Gasteiger partial charge < -0.3 is 20.1 Å². The number of rotatable bonds is 5. The molecule has 1 aliphatic rings. The van der Waals surface area contributed by atoms with Gasteiger partial charge in [-0.25, -0.2) is 4.79 Å². The van der Waals surface area contributed by atoms with Crippen LogP contribution in [0.3, 0.4) is 0 Å². The first-order chi connectivity index (χ1) is 10.1. The van der Waals surface area contributed by atoms with Gasteiger partial charge >= 0.3 is 6.03 Å². The first-order valence-corrected chi connectivity index (χ1v) is 8.29. The molecule has 0 spiro atoms. The summed E-state index contributed by atoms with van der Waals surface area (Å²) in [4.78, 5) is 15.4. The average Bonchev–Trinajstić information content (AvgIpc) is 2.98. The van der Waals surface area contributed by atoms with Crippen molar-refractivity contribution in [2.45, 2.75) is 38.3 Å². The van der Waals surface area contributed by atoms with Gasteiger partial charge in [-0.2, -0.15) is 0 Å². The molecule has 2 N–H and O–H groups in total. The van der Waals surface area contributed by atoms with Crippen molar-refractivity contribution in [1.82, 2.24) is 10.2 Å². The molecule has 6 heteroatoms. The molecule has 118 valence electrons. The van der Waals surface area contributed by atoms with Crippen LogP contribution in [0.2, 0.25) is 0 Å². The minimum Gasteiger partial charge on any atom is -0.393 e. The second-order valence-electron chi connectivity index (χ2n) is 5.61. The Labute approximate surface area is 129 Å². The Morgan fingerprint density at radius 1 is 1.62 bits per heavy atom. The Kier molecular flexibility index (Phi) is 6.02. The first-order valence-electron chi connectivity index (χ1n) is 7.41. The third-order valence-electron chi connectivity index (χ3n) is 3.69. The van der Waals surface area contributed by atoms with Crippen molar-refractivity contribution in [3.63, 3.8) is 0 Å². The molecule has 2 amide bonds. The predicted molar refractivity (Wildman–Crippen MR) is 83.7 cm³/mol. The number of thiophene rings is 1. The normalized spacial score (nSPS) is 21.9. The molecule has 0 aliphatic carbocycles. The summed E-state index contributed by atoms with van der Waals surface area (Å²) in [6.07, 6.45) is 0.116. The van der Waals surface area contributed by atoms with E-state index in [0.29, 0.717) is 38.6 Å². The second kappa shape index (κ2) is 7.77. The fraction of sp³-hybridized carbons (Fsp3) is 0.667. The Balaban J connectivity index is 1.85. The van der Waals surface area contributed by atoms with Crippen LogP contribution >= 0.6 is 11.3 Å². The number of nitrogens with one attached hydrogen (secondary N) is 1. The van der Waals surface area contributed by atoms with Crippen molar-refractivity contribution in [1.29, 1.82) is 0 Å². The number of aliphatic hydroxyl groups is 1. The smallest absolute Gasteiger partial charge is 0.317 e. The molecular weight excluding hydrogens is 288 g/mol. The van der Waals surface area contributed by atoms with Crippen LogP contribution in [-0.2, 0) is 4.74 Å². The maximum absolute atomic E-state index is 12.3. The summed E-state index contributed by atoms with van der Waals surface area (Å²) >= 11 is 1.71. The molecule has 3 unspecified atom stereocenters. The molecule has 0 radical (unpaired) electrons. The SMILES string of the molecule is CC(O)CC1COCCN1C(=O)NCC(C)c1cccs1. The van der Waals surface area contributed by atoms with E-state index in [4.69, 9.17) is 4.74 Å². The molecular formula is C15H24N2O3S. The van der Waals surface area contributed by atoms with E-state index >= 15 is 0 Å². The third-order valence-corrected chi connectivity index (χ3v) is 4.79. The summed E-state index contributed by atoms with van der Waals surface area (Å²) in [7, 11) is 0. The van der Waals surface area contributed by atoms with E-state index < -0.39 is 6.10 Å². The molecule has 1 saturated heterocycles. The van der Waals surface area contributed by atoms with Crippen LogP contribution in [0, 0.1) is 0 Å². The lowest BCUT2D eigenvalue weighted by atomic mass is 10.1. The zero-order valence-corrected chi connectivity index (χ0v) is 13.4. The summed E-state index contributed by atoms with van der Waals surface area (Å²) in [6, 6.07) is 4.01. The van der Waals surface area contributed by atoms with Crippen LogP contribution in [-0.4, -0.2) is 54.5 Å². The third kappa shape index (κ3) is 4.69. The van der Waals surface area contributed by atoms with Gasteiger partial charge in [-0.3, -0.25) is 0 Å². The number of morpholine rings is 1. The Hall–Kier alpha value is -1.11. The minimum atomic E-state index is -0.433. The lowest BCUT2D eigenvalue weighted by molar-refractivity contribution is -0.00432. The van der Waals surface area contributed by atoms with Crippen LogP contribution in [0.4, 0.5) is 4.79 Å². The van der Waals surface area contributed by atoms with E-state index in [9.17, 15) is 9.90 Å². The fourth-order valence-electron chi connectivity index (χ4n) is 2.53. The van der Waals surface area contributed by atoms with Gasteiger partial charge in [0.05, 0.1) is 25.4 Å². The van der Waals surface area contributed by atoms with Crippen molar-refractivity contribution in [3.8, 4) is 0 Å². The number of amides is 2. The lowest BCUT2D eigenvalue weighted by Gasteiger charge is -2.36. The Morgan fingerprint density at radius 2 is 2.43 bits per heavy atom. The molecule has 0 saturated carbocycles. The van der Waals surface area contributed by atoms with Crippen molar-refractivity contribution >= 4 is 17.4 Å². The Bertz CT molecular complexity index is 436. The highest BCUT2D eigenvalue weighted by atomic mass is 32.1. The van der Waals surface area contributed by atoms with Gasteiger partial charge in [0.2, 0.25) is 0 Å². The number of aliphatic hydroxyl groups excluding tert-OH is 1.